The van der Waals surface area contributed by atoms with Gasteiger partial charge < -0.3 is 15.2 Å². The summed E-state index contributed by atoms with van der Waals surface area (Å²) in [5.41, 5.74) is -0.297. The number of aliphatic carboxylic acids is 1. The second kappa shape index (κ2) is 6.40. The molecule has 17 heavy (non-hydrogen) atoms. The molecule has 1 aromatic carbocycles. The highest BCUT2D eigenvalue weighted by molar-refractivity contribution is 5.78. The Hall–Kier alpha value is -1.35. The summed E-state index contributed by atoms with van der Waals surface area (Å²) in [5.74, 6) is -1.05. The number of carbonyl (C=O) groups is 1. The minimum absolute atomic E-state index is 0.475. The van der Waals surface area contributed by atoms with Crippen LogP contribution in [-0.2, 0) is 10.3 Å². The molecule has 0 spiro atoms. The highest BCUT2D eigenvalue weighted by atomic mass is 16.4. The molecule has 3 heteroatoms. The zero-order valence-corrected chi connectivity index (χ0v) is 10.5. The van der Waals surface area contributed by atoms with Crippen molar-refractivity contribution in [2.24, 2.45) is 0 Å². The van der Waals surface area contributed by atoms with Crippen LogP contribution in [0.2, 0.25) is 0 Å². The van der Waals surface area contributed by atoms with Crippen molar-refractivity contribution in [3.8, 4) is 0 Å². The summed E-state index contributed by atoms with van der Waals surface area (Å²) in [6.07, 6.45) is 2.47. The lowest BCUT2D eigenvalue weighted by atomic mass is 9.87. The van der Waals surface area contributed by atoms with Crippen molar-refractivity contribution < 1.29 is 9.90 Å². The molecule has 0 radical (unpaired) electrons. The Kier molecular flexibility index (Phi) is 5.16. The number of carboxylic acids is 1. The van der Waals surface area contributed by atoms with E-state index in [0.29, 0.717) is 13.0 Å². The van der Waals surface area contributed by atoms with Crippen LogP contribution in [0.3, 0.4) is 0 Å². The maximum atomic E-state index is 11.5. The zero-order valence-electron chi connectivity index (χ0n) is 10.5. The molecule has 0 bridgehead atoms. The van der Waals surface area contributed by atoms with Gasteiger partial charge in [-0.25, -0.2) is 0 Å². The largest absolute Gasteiger partial charge is 0.548 e. The molecule has 94 valence electrons. The van der Waals surface area contributed by atoms with E-state index in [4.69, 9.17) is 0 Å². The highest BCUT2D eigenvalue weighted by Crippen LogP contribution is 2.24. The van der Waals surface area contributed by atoms with E-state index in [1.165, 1.54) is 0 Å². The Labute approximate surface area is 103 Å². The van der Waals surface area contributed by atoms with Crippen molar-refractivity contribution in [3.05, 3.63) is 35.9 Å². The van der Waals surface area contributed by atoms with E-state index in [9.17, 15) is 9.90 Å². The molecule has 0 heterocycles. The van der Waals surface area contributed by atoms with Gasteiger partial charge in [-0.2, -0.15) is 0 Å². The van der Waals surface area contributed by atoms with E-state index >= 15 is 0 Å². The van der Waals surface area contributed by atoms with Crippen molar-refractivity contribution in [3.63, 3.8) is 0 Å². The molecule has 1 N–H and O–H groups in total. The number of hydrogen-bond acceptors (Lipinski definition) is 3. The number of nitrogens with one attached hydrogen (secondary N) is 1. The molecule has 0 aliphatic heterocycles. The summed E-state index contributed by atoms with van der Waals surface area (Å²) >= 11 is 0. The fourth-order valence-corrected chi connectivity index (χ4v) is 1.97. The van der Waals surface area contributed by atoms with Crippen LogP contribution in [0.1, 0.15) is 38.7 Å². The number of carbonyl (C=O) groups excluding carboxylic acids is 1. The minimum Gasteiger partial charge on any atom is -0.548 e. The van der Waals surface area contributed by atoms with Gasteiger partial charge in [0, 0.05) is 0 Å². The van der Waals surface area contributed by atoms with Gasteiger partial charge in [0.2, 0.25) is 0 Å². The van der Waals surface area contributed by atoms with E-state index < -0.39 is 11.5 Å². The van der Waals surface area contributed by atoms with Crippen molar-refractivity contribution >= 4 is 5.97 Å². The average Bonchev–Trinajstić information content (AvgIpc) is 2.36. The molecule has 0 aromatic heterocycles. The average molecular weight is 234 g/mol. The molecule has 1 aromatic rings. The van der Waals surface area contributed by atoms with E-state index in [1.807, 2.05) is 37.3 Å². The smallest absolute Gasteiger partial charge is 0.0834 e. The monoisotopic (exact) mass is 234 g/mol. The van der Waals surface area contributed by atoms with Crippen LogP contribution in [0, 0.1) is 0 Å². The van der Waals surface area contributed by atoms with Crippen LogP contribution in [0.25, 0.3) is 0 Å². The first-order valence-corrected chi connectivity index (χ1v) is 6.19. The van der Waals surface area contributed by atoms with Gasteiger partial charge in [-0.3, -0.25) is 0 Å². The molecular formula is C14H20NO2-. The third kappa shape index (κ3) is 3.07. The van der Waals surface area contributed by atoms with Gasteiger partial charge in [-0.15, -0.1) is 0 Å². The summed E-state index contributed by atoms with van der Waals surface area (Å²) in [6.45, 7) is 4.63. The first-order valence-electron chi connectivity index (χ1n) is 6.19. The Balaban J connectivity index is 2.97. The molecule has 0 saturated heterocycles. The van der Waals surface area contributed by atoms with Gasteiger partial charge in [-0.05, 0) is 24.9 Å². The number of hydrogen-bond donors (Lipinski definition) is 1. The minimum atomic E-state index is -1.06. The van der Waals surface area contributed by atoms with Crippen LogP contribution >= 0.6 is 0 Å². The first-order chi connectivity index (χ1) is 8.17. The Morgan fingerprint density at radius 3 is 2.41 bits per heavy atom. The molecule has 1 atom stereocenters. The lowest BCUT2D eigenvalue weighted by Crippen LogP contribution is -2.55. The van der Waals surface area contributed by atoms with Gasteiger partial charge in [0.15, 0.2) is 0 Å². The summed E-state index contributed by atoms with van der Waals surface area (Å²) in [5, 5.41) is 14.6. The summed E-state index contributed by atoms with van der Waals surface area (Å²) in [7, 11) is 0. The fraction of sp³-hybridized carbons (Fsp3) is 0.500. The predicted octanol–water partition coefficient (Wildman–Crippen LogP) is 1.43. The van der Waals surface area contributed by atoms with Gasteiger partial charge in [0.25, 0.3) is 0 Å². The lowest BCUT2D eigenvalue weighted by molar-refractivity contribution is -0.315. The SMILES string of the molecule is CCCCNC(CC)(C(=O)[O-])c1ccccc1. The van der Waals surface area contributed by atoms with E-state index in [-0.39, 0.29) is 0 Å². The molecule has 0 aliphatic carbocycles. The number of unbranched alkanes of at least 4 members (excludes halogenated alkanes) is 1. The van der Waals surface area contributed by atoms with E-state index in [0.717, 1.165) is 18.4 Å². The Morgan fingerprint density at radius 2 is 1.94 bits per heavy atom. The second-order valence-corrected chi connectivity index (χ2v) is 4.19. The molecular weight excluding hydrogens is 214 g/mol. The molecule has 0 fully saturated rings. The summed E-state index contributed by atoms with van der Waals surface area (Å²) in [4.78, 5) is 11.5. The topological polar surface area (TPSA) is 52.2 Å². The van der Waals surface area contributed by atoms with E-state index in [2.05, 4.69) is 12.2 Å². The van der Waals surface area contributed by atoms with Crippen LogP contribution in [0.4, 0.5) is 0 Å². The standard InChI is InChI=1S/C14H21NO2/c1-3-5-11-15-14(4-2,13(16)17)12-9-7-6-8-10-12/h6-10,15H,3-5,11H2,1-2H3,(H,16,17)/p-1. The third-order valence-corrected chi connectivity index (χ3v) is 3.10. The Bertz CT molecular complexity index is 350. The van der Waals surface area contributed by atoms with Crippen LogP contribution < -0.4 is 10.4 Å². The molecule has 1 rings (SSSR count). The molecule has 3 nitrogen and oxygen atoms in total. The van der Waals surface area contributed by atoms with Crippen molar-refractivity contribution in [1.82, 2.24) is 5.32 Å². The van der Waals surface area contributed by atoms with Gasteiger partial charge >= 0.3 is 0 Å². The Morgan fingerprint density at radius 1 is 1.29 bits per heavy atom. The number of benzene rings is 1. The van der Waals surface area contributed by atoms with Crippen molar-refractivity contribution in [1.29, 1.82) is 0 Å². The number of carboxylic acid groups (broad SMARTS) is 1. The molecule has 0 amide bonds. The highest BCUT2D eigenvalue weighted by Gasteiger charge is 2.30. The van der Waals surface area contributed by atoms with Crippen LogP contribution in [0.15, 0.2) is 30.3 Å². The van der Waals surface area contributed by atoms with Crippen molar-refractivity contribution in [2.75, 3.05) is 6.54 Å². The summed E-state index contributed by atoms with van der Waals surface area (Å²) < 4.78 is 0. The quantitative estimate of drug-likeness (QED) is 0.726. The maximum absolute atomic E-state index is 11.5. The third-order valence-electron chi connectivity index (χ3n) is 3.10. The van der Waals surface area contributed by atoms with Crippen molar-refractivity contribution in [2.45, 2.75) is 38.6 Å². The zero-order chi connectivity index (χ0) is 12.7. The van der Waals surface area contributed by atoms with Gasteiger partial charge in [0.1, 0.15) is 0 Å². The normalized spacial score (nSPS) is 14.2. The molecule has 0 aliphatic rings. The lowest BCUT2D eigenvalue weighted by Gasteiger charge is -2.35. The predicted molar refractivity (Wildman–Crippen MR) is 66.3 cm³/mol. The van der Waals surface area contributed by atoms with Crippen LogP contribution in [0.5, 0.6) is 0 Å². The number of rotatable bonds is 7. The summed E-state index contributed by atoms with van der Waals surface area (Å²) in [6, 6.07) is 9.25. The second-order valence-electron chi connectivity index (χ2n) is 4.19. The first kappa shape index (κ1) is 13.7. The van der Waals surface area contributed by atoms with Crippen LogP contribution in [-0.4, -0.2) is 12.5 Å². The molecule has 1 unspecified atom stereocenters. The maximum Gasteiger partial charge on any atom is 0.0834 e. The fourth-order valence-electron chi connectivity index (χ4n) is 1.97. The molecule has 0 saturated carbocycles. The van der Waals surface area contributed by atoms with Gasteiger partial charge in [0.05, 0.1) is 11.5 Å². The van der Waals surface area contributed by atoms with E-state index in [1.54, 1.807) is 0 Å². The van der Waals surface area contributed by atoms with Gasteiger partial charge in [-0.1, -0.05) is 50.6 Å².